The second-order valence-corrected chi connectivity index (χ2v) is 3.37. The maximum absolute atomic E-state index is 11.8. The van der Waals surface area contributed by atoms with Crippen molar-refractivity contribution in [3.05, 3.63) is 29.8 Å². The molecule has 0 saturated carbocycles. The molecule has 1 aromatic carbocycles. The molecule has 0 aliphatic carbocycles. The molecule has 0 saturated heterocycles. The summed E-state index contributed by atoms with van der Waals surface area (Å²) < 4.78 is 17.0. The standard InChI is InChI=1S/C11H16FNO/c1-9(13)7-10-3-2-4-11(8-10)14-6-5-12/h2-4,8-9H,5-7,13H2,1H3. The molecule has 0 aliphatic heterocycles. The Morgan fingerprint density at radius 2 is 2.29 bits per heavy atom. The second kappa shape index (κ2) is 5.60. The van der Waals surface area contributed by atoms with Crippen LogP contribution in [0.5, 0.6) is 5.75 Å². The number of halogens is 1. The maximum Gasteiger partial charge on any atom is 0.123 e. The van der Waals surface area contributed by atoms with Gasteiger partial charge in [0.15, 0.2) is 0 Å². The van der Waals surface area contributed by atoms with Gasteiger partial charge < -0.3 is 10.5 Å². The van der Waals surface area contributed by atoms with Crippen LogP contribution in [0.15, 0.2) is 24.3 Å². The number of ether oxygens (including phenoxy) is 1. The normalized spacial score (nSPS) is 12.5. The molecule has 0 fully saturated rings. The maximum atomic E-state index is 11.8. The number of hydrogen-bond donors (Lipinski definition) is 1. The van der Waals surface area contributed by atoms with Gasteiger partial charge in [-0.25, -0.2) is 4.39 Å². The zero-order valence-corrected chi connectivity index (χ0v) is 8.37. The van der Waals surface area contributed by atoms with Crippen LogP contribution in [0.1, 0.15) is 12.5 Å². The Bertz CT molecular complexity index is 276. The molecule has 1 atom stereocenters. The molecule has 1 aromatic rings. The lowest BCUT2D eigenvalue weighted by Crippen LogP contribution is -2.17. The minimum Gasteiger partial charge on any atom is -0.491 e. The summed E-state index contributed by atoms with van der Waals surface area (Å²) in [6, 6.07) is 7.74. The summed E-state index contributed by atoms with van der Waals surface area (Å²) in [4.78, 5) is 0. The van der Waals surface area contributed by atoms with Gasteiger partial charge in [-0.05, 0) is 31.0 Å². The van der Waals surface area contributed by atoms with Crippen molar-refractivity contribution in [2.45, 2.75) is 19.4 Å². The lowest BCUT2D eigenvalue weighted by Gasteiger charge is -2.08. The molecule has 0 aliphatic rings. The van der Waals surface area contributed by atoms with Crippen LogP contribution in [0.2, 0.25) is 0 Å². The first kappa shape index (κ1) is 11.0. The first-order valence-corrected chi connectivity index (χ1v) is 4.75. The van der Waals surface area contributed by atoms with Gasteiger partial charge >= 0.3 is 0 Å². The van der Waals surface area contributed by atoms with Crippen LogP contribution in [-0.2, 0) is 6.42 Å². The highest BCUT2D eigenvalue weighted by molar-refractivity contribution is 5.28. The molecular weight excluding hydrogens is 181 g/mol. The number of nitrogens with two attached hydrogens (primary N) is 1. The van der Waals surface area contributed by atoms with Crippen LogP contribution in [0.4, 0.5) is 4.39 Å². The molecule has 0 heterocycles. The fourth-order valence-electron chi connectivity index (χ4n) is 1.29. The smallest absolute Gasteiger partial charge is 0.123 e. The van der Waals surface area contributed by atoms with Gasteiger partial charge in [-0.3, -0.25) is 0 Å². The van der Waals surface area contributed by atoms with E-state index in [9.17, 15) is 4.39 Å². The van der Waals surface area contributed by atoms with Crippen LogP contribution in [0, 0.1) is 0 Å². The Morgan fingerprint density at radius 1 is 1.50 bits per heavy atom. The average molecular weight is 197 g/mol. The fraction of sp³-hybridized carbons (Fsp3) is 0.455. The molecule has 0 amide bonds. The van der Waals surface area contributed by atoms with Crippen molar-refractivity contribution >= 4 is 0 Å². The van der Waals surface area contributed by atoms with E-state index in [0.717, 1.165) is 12.0 Å². The highest BCUT2D eigenvalue weighted by Crippen LogP contribution is 2.14. The highest BCUT2D eigenvalue weighted by Gasteiger charge is 1.99. The fourth-order valence-corrected chi connectivity index (χ4v) is 1.29. The van der Waals surface area contributed by atoms with Crippen molar-refractivity contribution in [1.29, 1.82) is 0 Å². The summed E-state index contributed by atoms with van der Waals surface area (Å²) >= 11 is 0. The Morgan fingerprint density at radius 3 is 2.93 bits per heavy atom. The quantitative estimate of drug-likeness (QED) is 0.782. The van der Waals surface area contributed by atoms with Gasteiger partial charge in [-0.2, -0.15) is 0 Å². The predicted octanol–water partition coefficient (Wildman–Crippen LogP) is 1.92. The zero-order valence-electron chi connectivity index (χ0n) is 8.37. The number of hydrogen-bond acceptors (Lipinski definition) is 2. The summed E-state index contributed by atoms with van der Waals surface area (Å²) in [6.07, 6.45) is 0.812. The molecule has 0 radical (unpaired) electrons. The molecule has 1 rings (SSSR count). The Balaban J connectivity index is 2.59. The van der Waals surface area contributed by atoms with Gasteiger partial charge in [-0.1, -0.05) is 12.1 Å². The van der Waals surface area contributed by atoms with Crippen LogP contribution in [0.25, 0.3) is 0 Å². The van der Waals surface area contributed by atoms with E-state index in [4.69, 9.17) is 10.5 Å². The molecule has 0 bridgehead atoms. The topological polar surface area (TPSA) is 35.2 Å². The van der Waals surface area contributed by atoms with E-state index >= 15 is 0 Å². The highest BCUT2D eigenvalue weighted by atomic mass is 19.1. The summed E-state index contributed by atoms with van der Waals surface area (Å²) in [6.45, 7) is 1.61. The van der Waals surface area contributed by atoms with Crippen LogP contribution >= 0.6 is 0 Å². The molecule has 3 heteroatoms. The Kier molecular flexibility index (Phi) is 4.40. The van der Waals surface area contributed by atoms with Gasteiger partial charge in [0.25, 0.3) is 0 Å². The van der Waals surface area contributed by atoms with E-state index in [-0.39, 0.29) is 12.6 Å². The summed E-state index contributed by atoms with van der Waals surface area (Å²) in [7, 11) is 0. The molecule has 0 aromatic heterocycles. The van der Waals surface area contributed by atoms with E-state index in [2.05, 4.69) is 0 Å². The molecule has 2 N–H and O–H groups in total. The van der Waals surface area contributed by atoms with E-state index in [1.807, 2.05) is 31.2 Å². The molecule has 78 valence electrons. The minimum atomic E-state index is -0.461. The van der Waals surface area contributed by atoms with Gasteiger partial charge in [0.1, 0.15) is 19.0 Å². The van der Waals surface area contributed by atoms with Crippen molar-refractivity contribution in [3.63, 3.8) is 0 Å². The molecule has 1 unspecified atom stereocenters. The van der Waals surface area contributed by atoms with Crippen molar-refractivity contribution in [2.75, 3.05) is 13.3 Å². The first-order valence-electron chi connectivity index (χ1n) is 4.75. The predicted molar refractivity (Wildman–Crippen MR) is 55.3 cm³/mol. The third kappa shape index (κ3) is 3.75. The van der Waals surface area contributed by atoms with Crippen molar-refractivity contribution in [2.24, 2.45) is 5.73 Å². The summed E-state index contributed by atoms with van der Waals surface area (Å²) in [5.74, 6) is 0.709. The van der Waals surface area contributed by atoms with Crippen molar-refractivity contribution in [1.82, 2.24) is 0 Å². The SMILES string of the molecule is CC(N)Cc1cccc(OCCF)c1. The van der Waals surface area contributed by atoms with E-state index in [1.165, 1.54) is 0 Å². The molecule has 2 nitrogen and oxygen atoms in total. The summed E-state index contributed by atoms with van der Waals surface area (Å²) in [5, 5.41) is 0. The average Bonchev–Trinajstić information content (AvgIpc) is 2.14. The van der Waals surface area contributed by atoms with Gasteiger partial charge in [0, 0.05) is 6.04 Å². The lowest BCUT2D eigenvalue weighted by atomic mass is 10.1. The van der Waals surface area contributed by atoms with Crippen LogP contribution in [0.3, 0.4) is 0 Å². The lowest BCUT2D eigenvalue weighted by molar-refractivity contribution is 0.273. The zero-order chi connectivity index (χ0) is 10.4. The third-order valence-corrected chi connectivity index (χ3v) is 1.80. The minimum absolute atomic E-state index is 0.113. The van der Waals surface area contributed by atoms with Crippen LogP contribution in [-0.4, -0.2) is 19.3 Å². The van der Waals surface area contributed by atoms with E-state index < -0.39 is 6.67 Å². The monoisotopic (exact) mass is 197 g/mol. The molecule has 14 heavy (non-hydrogen) atoms. The van der Waals surface area contributed by atoms with Gasteiger partial charge in [0.2, 0.25) is 0 Å². The first-order chi connectivity index (χ1) is 6.72. The number of rotatable bonds is 5. The van der Waals surface area contributed by atoms with Crippen LogP contribution < -0.4 is 10.5 Å². The van der Waals surface area contributed by atoms with Crippen molar-refractivity contribution in [3.8, 4) is 5.75 Å². The molecule has 0 spiro atoms. The number of benzene rings is 1. The van der Waals surface area contributed by atoms with E-state index in [0.29, 0.717) is 5.75 Å². The number of alkyl halides is 1. The Labute approximate surface area is 83.9 Å². The van der Waals surface area contributed by atoms with Gasteiger partial charge in [0.05, 0.1) is 0 Å². The second-order valence-electron chi connectivity index (χ2n) is 3.37. The largest absolute Gasteiger partial charge is 0.491 e. The summed E-state index contributed by atoms with van der Waals surface area (Å²) in [5.41, 5.74) is 6.80. The third-order valence-electron chi connectivity index (χ3n) is 1.80. The van der Waals surface area contributed by atoms with Crippen molar-refractivity contribution < 1.29 is 9.13 Å². The van der Waals surface area contributed by atoms with E-state index in [1.54, 1.807) is 0 Å². The molecular formula is C11H16FNO. The Hall–Kier alpha value is -1.09. The van der Waals surface area contributed by atoms with Gasteiger partial charge in [-0.15, -0.1) is 0 Å².